The molecule has 3 aromatic rings. The van der Waals surface area contributed by atoms with Gasteiger partial charge in [-0.2, -0.15) is 5.10 Å². The Bertz CT molecular complexity index is 996. The summed E-state index contributed by atoms with van der Waals surface area (Å²) in [5, 5.41) is 4.70. The Morgan fingerprint density at radius 3 is 2.82 bits per heavy atom. The Hall–Kier alpha value is -2.47. The standard InChI is InChI=1S/C22H27N5O/c28-22-13-18-5-1-2-6-20(18)24-27(22)14-17-8-11-25(12-9-17)15-19-16-26-10-4-3-7-21(26)23-19/h3-4,7,10,13,16-17H,1-2,5-6,8-9,11-12,14-15H2. The second kappa shape index (κ2) is 7.51. The molecule has 0 saturated carbocycles. The predicted octanol–water partition coefficient (Wildman–Crippen LogP) is 2.68. The largest absolute Gasteiger partial charge is 0.307 e. The Labute approximate surface area is 164 Å². The number of fused-ring (bicyclic) bond motifs is 2. The molecule has 0 radical (unpaired) electrons. The van der Waals surface area contributed by atoms with E-state index in [1.165, 1.54) is 18.4 Å². The molecule has 2 aliphatic rings. The van der Waals surface area contributed by atoms with Crippen molar-refractivity contribution in [1.82, 2.24) is 24.1 Å². The Balaban J connectivity index is 1.20. The maximum atomic E-state index is 12.4. The lowest BCUT2D eigenvalue weighted by Crippen LogP contribution is -2.37. The van der Waals surface area contributed by atoms with E-state index >= 15 is 0 Å². The molecule has 0 N–H and O–H groups in total. The highest BCUT2D eigenvalue weighted by molar-refractivity contribution is 5.39. The molecule has 0 bridgehead atoms. The van der Waals surface area contributed by atoms with E-state index in [0.29, 0.717) is 5.92 Å². The van der Waals surface area contributed by atoms with Gasteiger partial charge in [0.15, 0.2) is 0 Å². The number of likely N-dealkylation sites (tertiary alicyclic amines) is 1. The molecule has 1 aliphatic carbocycles. The lowest BCUT2D eigenvalue weighted by molar-refractivity contribution is 0.162. The predicted molar refractivity (Wildman–Crippen MR) is 108 cm³/mol. The van der Waals surface area contributed by atoms with E-state index < -0.39 is 0 Å². The molecular formula is C22H27N5O. The third-order valence-electron chi connectivity index (χ3n) is 6.21. The molecule has 6 nitrogen and oxygen atoms in total. The van der Waals surface area contributed by atoms with Crippen LogP contribution in [0.3, 0.4) is 0 Å². The van der Waals surface area contributed by atoms with Crippen LogP contribution in [-0.4, -0.2) is 37.2 Å². The van der Waals surface area contributed by atoms with Gasteiger partial charge in [-0.1, -0.05) is 6.07 Å². The van der Waals surface area contributed by atoms with Gasteiger partial charge < -0.3 is 4.40 Å². The van der Waals surface area contributed by atoms with Gasteiger partial charge >= 0.3 is 0 Å². The molecule has 5 rings (SSSR count). The molecule has 0 atom stereocenters. The Morgan fingerprint density at radius 2 is 1.96 bits per heavy atom. The van der Waals surface area contributed by atoms with Gasteiger partial charge in [-0.15, -0.1) is 0 Å². The van der Waals surface area contributed by atoms with Crippen molar-refractivity contribution in [2.24, 2.45) is 5.92 Å². The minimum atomic E-state index is 0.0766. The van der Waals surface area contributed by atoms with E-state index in [9.17, 15) is 4.79 Å². The lowest BCUT2D eigenvalue weighted by Gasteiger charge is -2.31. The minimum Gasteiger partial charge on any atom is -0.307 e. The zero-order chi connectivity index (χ0) is 18.9. The number of rotatable bonds is 4. The SMILES string of the molecule is O=c1cc2c(nn1CC1CCN(Cc3cn4ccccc4n3)CC1)CCCC2. The molecule has 1 aliphatic heterocycles. The van der Waals surface area contributed by atoms with Crippen LogP contribution in [0.25, 0.3) is 5.65 Å². The van der Waals surface area contributed by atoms with Gasteiger partial charge in [0.25, 0.3) is 5.56 Å². The summed E-state index contributed by atoms with van der Waals surface area (Å²) in [7, 11) is 0. The van der Waals surface area contributed by atoms with E-state index in [4.69, 9.17) is 10.1 Å². The third-order valence-corrected chi connectivity index (χ3v) is 6.21. The van der Waals surface area contributed by atoms with Crippen molar-refractivity contribution in [2.45, 2.75) is 51.6 Å². The summed E-state index contributed by atoms with van der Waals surface area (Å²) < 4.78 is 3.81. The van der Waals surface area contributed by atoms with Gasteiger partial charge in [0.2, 0.25) is 0 Å². The average molecular weight is 377 g/mol. The van der Waals surface area contributed by atoms with Gasteiger partial charge in [0, 0.05) is 31.5 Å². The Kier molecular flexibility index (Phi) is 4.72. The van der Waals surface area contributed by atoms with Gasteiger partial charge in [0.1, 0.15) is 5.65 Å². The summed E-state index contributed by atoms with van der Waals surface area (Å²) in [6.07, 6.45) is 10.8. The number of nitrogens with zero attached hydrogens (tertiary/aromatic N) is 5. The molecule has 4 heterocycles. The van der Waals surface area contributed by atoms with Crippen molar-refractivity contribution in [2.75, 3.05) is 13.1 Å². The fourth-order valence-electron chi connectivity index (χ4n) is 4.60. The number of aryl methyl sites for hydroxylation is 2. The average Bonchev–Trinajstić information content (AvgIpc) is 3.12. The number of pyridine rings is 1. The molecule has 6 heteroatoms. The summed E-state index contributed by atoms with van der Waals surface area (Å²) in [4.78, 5) is 19.6. The first-order chi connectivity index (χ1) is 13.7. The first-order valence-corrected chi connectivity index (χ1v) is 10.5. The van der Waals surface area contributed by atoms with Crippen molar-refractivity contribution in [1.29, 1.82) is 0 Å². The summed E-state index contributed by atoms with van der Waals surface area (Å²) in [5.41, 5.74) is 4.53. The number of aromatic nitrogens is 4. The quantitative estimate of drug-likeness (QED) is 0.701. The van der Waals surface area contributed by atoms with Crippen LogP contribution in [-0.2, 0) is 25.9 Å². The molecule has 0 spiro atoms. The molecule has 28 heavy (non-hydrogen) atoms. The molecule has 1 saturated heterocycles. The van der Waals surface area contributed by atoms with Gasteiger partial charge in [0.05, 0.1) is 11.4 Å². The lowest BCUT2D eigenvalue weighted by atomic mass is 9.96. The normalized spacial score (nSPS) is 18.4. The van der Waals surface area contributed by atoms with E-state index in [0.717, 1.165) is 68.9 Å². The molecule has 0 unspecified atom stereocenters. The molecule has 0 amide bonds. The van der Waals surface area contributed by atoms with Crippen LogP contribution in [0, 0.1) is 5.92 Å². The molecular weight excluding hydrogens is 350 g/mol. The minimum absolute atomic E-state index is 0.0766. The zero-order valence-electron chi connectivity index (χ0n) is 16.3. The second-order valence-corrected chi connectivity index (χ2v) is 8.26. The highest BCUT2D eigenvalue weighted by Crippen LogP contribution is 2.21. The molecule has 3 aromatic heterocycles. The highest BCUT2D eigenvalue weighted by atomic mass is 16.1. The zero-order valence-corrected chi connectivity index (χ0v) is 16.3. The first-order valence-electron chi connectivity index (χ1n) is 10.5. The number of imidazole rings is 1. The van der Waals surface area contributed by atoms with E-state index in [1.54, 1.807) is 4.68 Å². The second-order valence-electron chi connectivity index (χ2n) is 8.26. The highest BCUT2D eigenvalue weighted by Gasteiger charge is 2.22. The third kappa shape index (κ3) is 3.61. The number of hydrogen-bond donors (Lipinski definition) is 0. The van der Waals surface area contributed by atoms with Crippen molar-refractivity contribution in [3.8, 4) is 0 Å². The van der Waals surface area contributed by atoms with Crippen molar-refractivity contribution in [3.05, 3.63) is 64.0 Å². The number of hydrogen-bond acceptors (Lipinski definition) is 4. The molecule has 1 fully saturated rings. The fraction of sp³-hybridized carbons (Fsp3) is 0.500. The van der Waals surface area contributed by atoms with E-state index in [-0.39, 0.29) is 5.56 Å². The van der Waals surface area contributed by atoms with Crippen LogP contribution in [0.5, 0.6) is 0 Å². The number of piperidine rings is 1. The summed E-state index contributed by atoms with van der Waals surface area (Å²) in [6.45, 7) is 3.76. The maximum absolute atomic E-state index is 12.4. The molecule has 0 aromatic carbocycles. The molecule has 146 valence electrons. The Morgan fingerprint density at radius 1 is 1.11 bits per heavy atom. The summed E-state index contributed by atoms with van der Waals surface area (Å²) >= 11 is 0. The van der Waals surface area contributed by atoms with Crippen molar-refractivity contribution in [3.63, 3.8) is 0 Å². The van der Waals surface area contributed by atoms with Crippen LogP contribution in [0.1, 0.15) is 42.6 Å². The van der Waals surface area contributed by atoms with Crippen molar-refractivity contribution >= 4 is 5.65 Å². The maximum Gasteiger partial charge on any atom is 0.267 e. The topological polar surface area (TPSA) is 55.4 Å². The van der Waals surface area contributed by atoms with E-state index in [2.05, 4.69) is 15.5 Å². The van der Waals surface area contributed by atoms with Crippen LogP contribution in [0.15, 0.2) is 41.5 Å². The van der Waals surface area contributed by atoms with Gasteiger partial charge in [-0.3, -0.25) is 9.69 Å². The van der Waals surface area contributed by atoms with Gasteiger partial charge in [-0.25, -0.2) is 9.67 Å². The van der Waals surface area contributed by atoms with E-state index in [1.807, 2.05) is 30.5 Å². The van der Waals surface area contributed by atoms with Crippen LogP contribution < -0.4 is 5.56 Å². The first kappa shape index (κ1) is 17.6. The van der Waals surface area contributed by atoms with Crippen LogP contribution in [0.4, 0.5) is 0 Å². The fourth-order valence-corrected chi connectivity index (χ4v) is 4.60. The van der Waals surface area contributed by atoms with Crippen LogP contribution >= 0.6 is 0 Å². The summed E-state index contributed by atoms with van der Waals surface area (Å²) in [5.74, 6) is 0.532. The summed E-state index contributed by atoms with van der Waals surface area (Å²) in [6, 6.07) is 7.92. The van der Waals surface area contributed by atoms with Crippen LogP contribution in [0.2, 0.25) is 0 Å². The van der Waals surface area contributed by atoms with Crippen molar-refractivity contribution < 1.29 is 0 Å². The monoisotopic (exact) mass is 377 g/mol. The smallest absolute Gasteiger partial charge is 0.267 e. The van der Waals surface area contributed by atoms with Gasteiger partial charge in [-0.05, 0) is 75.2 Å².